The third-order valence-corrected chi connectivity index (χ3v) is 2.30. The van der Waals surface area contributed by atoms with Crippen LogP contribution in [0.25, 0.3) is 0 Å². The summed E-state index contributed by atoms with van der Waals surface area (Å²) in [5, 5.41) is 5.19. The second-order valence-electron chi connectivity index (χ2n) is 4.50. The molecule has 7 nitrogen and oxygen atoms in total. The van der Waals surface area contributed by atoms with Crippen molar-refractivity contribution in [2.75, 3.05) is 20.2 Å². The molecule has 0 aliphatic carbocycles. The molecule has 0 heterocycles. The highest BCUT2D eigenvalue weighted by Gasteiger charge is 2.06. The Morgan fingerprint density at radius 2 is 1.60 bits per heavy atom. The lowest BCUT2D eigenvalue weighted by atomic mass is 10.2. The zero-order valence-electron chi connectivity index (χ0n) is 12.4. The van der Waals surface area contributed by atoms with Crippen LogP contribution in [-0.4, -0.2) is 44.3 Å². The monoisotopic (exact) mass is 288 g/mol. The molecular weight excluding hydrogens is 264 g/mol. The second kappa shape index (κ2) is 11.1. The van der Waals surface area contributed by atoms with Gasteiger partial charge in [0.1, 0.15) is 0 Å². The zero-order valence-corrected chi connectivity index (χ0v) is 12.4. The van der Waals surface area contributed by atoms with Crippen molar-refractivity contribution < 1.29 is 23.9 Å². The van der Waals surface area contributed by atoms with E-state index in [4.69, 9.17) is 4.74 Å². The van der Waals surface area contributed by atoms with Gasteiger partial charge >= 0.3 is 18.0 Å². The average molecular weight is 288 g/mol. The molecule has 2 amide bonds. The summed E-state index contributed by atoms with van der Waals surface area (Å²) < 4.78 is 9.42. The van der Waals surface area contributed by atoms with Crippen molar-refractivity contribution in [1.82, 2.24) is 10.6 Å². The minimum absolute atomic E-state index is 0.147. The summed E-state index contributed by atoms with van der Waals surface area (Å²) in [7, 11) is 1.35. The Balaban J connectivity index is 3.46. The normalized spacial score (nSPS) is 10.0. The molecule has 0 radical (unpaired) electrons. The number of ether oxygens (including phenoxy) is 2. The molecule has 0 atom stereocenters. The van der Waals surface area contributed by atoms with Crippen molar-refractivity contribution in [3.8, 4) is 0 Å². The van der Waals surface area contributed by atoms with E-state index in [1.807, 2.05) is 0 Å². The third kappa shape index (κ3) is 11.3. The lowest BCUT2D eigenvalue weighted by Gasteiger charge is -2.09. The van der Waals surface area contributed by atoms with E-state index in [1.54, 1.807) is 13.8 Å². The second-order valence-corrected chi connectivity index (χ2v) is 4.50. The topological polar surface area (TPSA) is 93.7 Å². The van der Waals surface area contributed by atoms with E-state index in [2.05, 4.69) is 15.4 Å². The highest BCUT2D eigenvalue weighted by Crippen LogP contribution is 1.95. The molecule has 0 aromatic carbocycles. The molecule has 0 aliphatic rings. The van der Waals surface area contributed by atoms with Crippen LogP contribution in [-0.2, 0) is 19.1 Å². The Kier molecular flexibility index (Phi) is 10.1. The summed E-state index contributed by atoms with van der Waals surface area (Å²) in [5.74, 6) is -0.587. The van der Waals surface area contributed by atoms with Gasteiger partial charge in [-0.1, -0.05) is 0 Å². The van der Waals surface area contributed by atoms with E-state index < -0.39 is 0 Å². The summed E-state index contributed by atoms with van der Waals surface area (Å²) in [6, 6.07) is -0.333. The van der Waals surface area contributed by atoms with E-state index in [9.17, 15) is 14.4 Å². The molecule has 0 aromatic heterocycles. The molecule has 0 aliphatic heterocycles. The van der Waals surface area contributed by atoms with Gasteiger partial charge in [0.2, 0.25) is 0 Å². The van der Waals surface area contributed by atoms with Crippen LogP contribution in [0.15, 0.2) is 0 Å². The minimum Gasteiger partial charge on any atom is -0.469 e. The first-order valence-corrected chi connectivity index (χ1v) is 6.73. The maximum Gasteiger partial charge on any atom is 0.314 e. The number of urea groups is 1. The highest BCUT2D eigenvalue weighted by atomic mass is 16.5. The number of unbranched alkanes of at least 4 members (excludes halogenated alkanes) is 1. The summed E-state index contributed by atoms with van der Waals surface area (Å²) in [6.07, 6.45) is 1.70. The Morgan fingerprint density at radius 1 is 0.950 bits per heavy atom. The van der Waals surface area contributed by atoms with Crippen LogP contribution in [0.3, 0.4) is 0 Å². The number of hydrogen-bond donors (Lipinski definition) is 2. The molecule has 0 fully saturated rings. The summed E-state index contributed by atoms with van der Waals surface area (Å²) in [5.41, 5.74) is 0. The molecule has 0 bridgehead atoms. The summed E-state index contributed by atoms with van der Waals surface area (Å²) >= 11 is 0. The van der Waals surface area contributed by atoms with Gasteiger partial charge in [-0.05, 0) is 26.7 Å². The molecule has 0 rings (SSSR count). The fourth-order valence-electron chi connectivity index (χ4n) is 1.36. The Bertz CT molecular complexity index is 318. The van der Waals surface area contributed by atoms with Crippen LogP contribution in [0.4, 0.5) is 4.79 Å². The molecule has 0 saturated carbocycles. The first kappa shape index (κ1) is 18.2. The third-order valence-electron chi connectivity index (χ3n) is 2.30. The van der Waals surface area contributed by atoms with Gasteiger partial charge in [0, 0.05) is 19.5 Å². The highest BCUT2D eigenvalue weighted by molar-refractivity contribution is 5.75. The fraction of sp³-hybridized carbons (Fsp3) is 0.769. The van der Waals surface area contributed by atoms with E-state index in [0.29, 0.717) is 25.8 Å². The number of methoxy groups -OCH3 is 1. The van der Waals surface area contributed by atoms with Crippen molar-refractivity contribution in [2.45, 2.75) is 45.6 Å². The number of amides is 2. The molecular formula is C13H24N2O5. The Labute approximate surface area is 119 Å². The van der Waals surface area contributed by atoms with E-state index >= 15 is 0 Å². The van der Waals surface area contributed by atoms with Crippen LogP contribution >= 0.6 is 0 Å². The summed E-state index contributed by atoms with van der Waals surface area (Å²) in [6.45, 7) is 4.25. The van der Waals surface area contributed by atoms with E-state index in [-0.39, 0.29) is 37.0 Å². The van der Waals surface area contributed by atoms with Crippen LogP contribution < -0.4 is 10.6 Å². The maximum atomic E-state index is 11.3. The van der Waals surface area contributed by atoms with Crippen LogP contribution in [0.5, 0.6) is 0 Å². The number of rotatable bonds is 9. The Hall–Kier alpha value is -1.79. The van der Waals surface area contributed by atoms with Gasteiger partial charge in [0.05, 0.1) is 19.6 Å². The van der Waals surface area contributed by atoms with Crippen LogP contribution in [0, 0.1) is 0 Å². The molecule has 0 unspecified atom stereocenters. The molecule has 0 aromatic rings. The zero-order chi connectivity index (χ0) is 15.4. The Morgan fingerprint density at radius 3 is 2.20 bits per heavy atom. The molecule has 0 saturated heterocycles. The predicted molar refractivity (Wildman–Crippen MR) is 73.1 cm³/mol. The SMILES string of the molecule is COC(=O)CCCCNC(=O)NCCC(=O)OC(C)C. The first-order chi connectivity index (χ1) is 9.45. The van der Waals surface area contributed by atoms with Gasteiger partial charge in [-0.2, -0.15) is 0 Å². The van der Waals surface area contributed by atoms with Crippen molar-refractivity contribution in [1.29, 1.82) is 0 Å². The van der Waals surface area contributed by atoms with Crippen molar-refractivity contribution in [2.24, 2.45) is 0 Å². The number of nitrogens with one attached hydrogen (secondary N) is 2. The number of carbonyl (C=O) groups is 3. The van der Waals surface area contributed by atoms with Crippen molar-refractivity contribution in [3.05, 3.63) is 0 Å². The van der Waals surface area contributed by atoms with Crippen molar-refractivity contribution >= 4 is 18.0 Å². The van der Waals surface area contributed by atoms with Gasteiger partial charge < -0.3 is 20.1 Å². The van der Waals surface area contributed by atoms with Gasteiger partial charge in [0.15, 0.2) is 0 Å². The largest absolute Gasteiger partial charge is 0.469 e. The quantitative estimate of drug-likeness (QED) is 0.487. The average Bonchev–Trinajstić information content (AvgIpc) is 2.37. The minimum atomic E-state index is -0.335. The molecule has 0 spiro atoms. The van der Waals surface area contributed by atoms with E-state index in [0.717, 1.165) is 0 Å². The lowest BCUT2D eigenvalue weighted by molar-refractivity contribution is -0.147. The number of esters is 2. The smallest absolute Gasteiger partial charge is 0.314 e. The van der Waals surface area contributed by atoms with Gasteiger partial charge in [-0.15, -0.1) is 0 Å². The molecule has 7 heteroatoms. The maximum absolute atomic E-state index is 11.3. The van der Waals surface area contributed by atoms with Gasteiger partial charge in [-0.25, -0.2) is 4.79 Å². The standard InChI is InChI=1S/C13H24N2O5/c1-10(2)20-12(17)7-9-15-13(18)14-8-5-4-6-11(16)19-3/h10H,4-9H2,1-3H3,(H2,14,15,18). The number of carbonyl (C=O) groups excluding carboxylic acids is 3. The number of hydrogen-bond acceptors (Lipinski definition) is 5. The van der Waals surface area contributed by atoms with Gasteiger partial charge in [-0.3, -0.25) is 9.59 Å². The molecule has 2 N–H and O–H groups in total. The van der Waals surface area contributed by atoms with E-state index in [1.165, 1.54) is 7.11 Å². The van der Waals surface area contributed by atoms with Crippen molar-refractivity contribution in [3.63, 3.8) is 0 Å². The molecule has 116 valence electrons. The fourth-order valence-corrected chi connectivity index (χ4v) is 1.36. The van der Waals surface area contributed by atoms with Crippen LogP contribution in [0.1, 0.15) is 39.5 Å². The molecule has 20 heavy (non-hydrogen) atoms. The van der Waals surface area contributed by atoms with Crippen LogP contribution in [0.2, 0.25) is 0 Å². The van der Waals surface area contributed by atoms with Gasteiger partial charge in [0.25, 0.3) is 0 Å². The first-order valence-electron chi connectivity index (χ1n) is 6.73. The predicted octanol–water partition coefficient (Wildman–Crippen LogP) is 0.971. The summed E-state index contributed by atoms with van der Waals surface area (Å²) in [4.78, 5) is 33.3. The lowest BCUT2D eigenvalue weighted by Crippen LogP contribution is -2.37.